The summed E-state index contributed by atoms with van der Waals surface area (Å²) >= 11 is 0. The highest BCUT2D eigenvalue weighted by molar-refractivity contribution is 6.99. The summed E-state index contributed by atoms with van der Waals surface area (Å²) in [7, 11) is -2.80. The Hall–Kier alpha value is -1.58. The number of aliphatic hydroxyl groups is 2. The van der Waals surface area contributed by atoms with Crippen molar-refractivity contribution >= 4 is 18.7 Å². The lowest BCUT2D eigenvalue weighted by atomic mass is 10.1. The Bertz CT molecular complexity index is 858. The molecule has 0 bridgehead atoms. The molecule has 0 aliphatic carbocycles. The van der Waals surface area contributed by atoms with Gasteiger partial charge in [-0.25, -0.2) is 0 Å². The number of ether oxygens (including phenoxy) is 3. The Morgan fingerprint density at radius 3 is 1.97 bits per heavy atom. The van der Waals surface area contributed by atoms with E-state index in [1.54, 1.807) is 13.8 Å². The van der Waals surface area contributed by atoms with Gasteiger partial charge in [-0.3, -0.25) is 0 Å². The van der Waals surface area contributed by atoms with Crippen LogP contribution < -0.4 is 10.4 Å². The van der Waals surface area contributed by atoms with Gasteiger partial charge >= 0.3 is 0 Å². The maximum atomic E-state index is 11.0. The molecule has 174 valence electrons. The van der Waals surface area contributed by atoms with Crippen LogP contribution in [-0.2, 0) is 18.6 Å². The van der Waals surface area contributed by atoms with Gasteiger partial charge in [0.2, 0.25) is 0 Å². The minimum absolute atomic E-state index is 0.0256. The van der Waals surface area contributed by atoms with Crippen LogP contribution in [0.1, 0.15) is 34.6 Å². The zero-order chi connectivity index (χ0) is 23.1. The summed E-state index contributed by atoms with van der Waals surface area (Å²) in [6.07, 6.45) is -4.21. The van der Waals surface area contributed by atoms with E-state index < -0.39 is 44.8 Å². The van der Waals surface area contributed by atoms with Crippen molar-refractivity contribution in [3.63, 3.8) is 0 Å². The second-order valence-corrected chi connectivity index (χ2v) is 14.4. The van der Waals surface area contributed by atoms with E-state index in [2.05, 4.69) is 45.0 Å². The van der Waals surface area contributed by atoms with Gasteiger partial charge in [0.1, 0.15) is 24.4 Å². The van der Waals surface area contributed by atoms with Crippen molar-refractivity contribution in [3.05, 3.63) is 60.7 Å². The number of hydrogen-bond donors (Lipinski definition) is 2. The Morgan fingerprint density at radius 1 is 0.969 bits per heavy atom. The third kappa shape index (κ3) is 4.19. The van der Waals surface area contributed by atoms with Gasteiger partial charge < -0.3 is 28.8 Å². The third-order valence-electron chi connectivity index (χ3n) is 6.32. The monoisotopic (exact) mass is 458 g/mol. The SMILES string of the molecule is CC1(C)O[C@H]2O[C@H]([C@H](O)CO[Si](c3ccccc3)(c3ccccc3)C(C)(C)C)[C@@H](O)[C@H]2O1. The summed E-state index contributed by atoms with van der Waals surface area (Å²) in [4.78, 5) is 0. The topological polar surface area (TPSA) is 77.4 Å². The van der Waals surface area contributed by atoms with Crippen LogP contribution in [0.3, 0.4) is 0 Å². The van der Waals surface area contributed by atoms with E-state index in [0.29, 0.717) is 0 Å². The van der Waals surface area contributed by atoms with Gasteiger partial charge in [0.15, 0.2) is 12.1 Å². The fourth-order valence-corrected chi connectivity index (χ4v) is 9.48. The Kier molecular flexibility index (Phi) is 6.37. The van der Waals surface area contributed by atoms with E-state index in [9.17, 15) is 10.2 Å². The summed E-state index contributed by atoms with van der Waals surface area (Å²) in [6, 6.07) is 20.5. The van der Waals surface area contributed by atoms with Crippen LogP contribution >= 0.6 is 0 Å². The lowest BCUT2D eigenvalue weighted by Crippen LogP contribution is -2.67. The van der Waals surface area contributed by atoms with Crippen LogP contribution in [0.5, 0.6) is 0 Å². The fourth-order valence-electron chi connectivity index (χ4n) is 4.90. The number of aliphatic hydroxyl groups excluding tert-OH is 2. The summed E-state index contributed by atoms with van der Waals surface area (Å²) in [5.41, 5.74) is 0. The summed E-state index contributed by atoms with van der Waals surface area (Å²) in [5, 5.41) is 23.8. The minimum Gasteiger partial charge on any atom is -0.405 e. The highest BCUT2D eigenvalue weighted by Gasteiger charge is 2.57. The van der Waals surface area contributed by atoms with Gasteiger partial charge in [-0.2, -0.15) is 0 Å². The number of benzene rings is 2. The average Bonchev–Trinajstić information content (AvgIpc) is 3.21. The molecule has 0 spiro atoms. The van der Waals surface area contributed by atoms with Crippen LogP contribution in [0.25, 0.3) is 0 Å². The Balaban J connectivity index is 1.60. The van der Waals surface area contributed by atoms with Crippen molar-refractivity contribution in [2.45, 2.75) is 76.1 Å². The second-order valence-electron chi connectivity index (χ2n) is 10.1. The van der Waals surface area contributed by atoms with E-state index in [1.165, 1.54) is 0 Å². The molecule has 5 atom stereocenters. The normalized spacial score (nSPS) is 28.5. The summed E-state index contributed by atoms with van der Waals surface area (Å²) in [5.74, 6) is -0.822. The van der Waals surface area contributed by atoms with Gasteiger partial charge in [-0.1, -0.05) is 81.4 Å². The van der Waals surface area contributed by atoms with Crippen LogP contribution in [0.2, 0.25) is 5.04 Å². The first-order valence-electron chi connectivity index (χ1n) is 11.2. The molecule has 2 fully saturated rings. The minimum atomic E-state index is -2.80. The van der Waals surface area contributed by atoms with Gasteiger partial charge in [-0.15, -0.1) is 0 Å². The predicted octanol–water partition coefficient (Wildman–Crippen LogP) is 2.16. The molecule has 0 saturated carbocycles. The molecule has 2 aliphatic rings. The Labute approximate surface area is 191 Å². The van der Waals surface area contributed by atoms with Crippen LogP contribution in [0, 0.1) is 0 Å². The molecule has 2 aliphatic heterocycles. The lowest BCUT2D eigenvalue weighted by Gasteiger charge is -2.43. The van der Waals surface area contributed by atoms with Crippen LogP contribution in [-0.4, -0.2) is 61.6 Å². The third-order valence-corrected chi connectivity index (χ3v) is 11.3. The van der Waals surface area contributed by atoms with Crippen LogP contribution in [0.4, 0.5) is 0 Å². The highest BCUT2D eigenvalue weighted by Crippen LogP contribution is 2.40. The van der Waals surface area contributed by atoms with Gasteiger partial charge in [-0.05, 0) is 29.3 Å². The zero-order valence-corrected chi connectivity index (χ0v) is 20.4. The average molecular weight is 459 g/mol. The maximum Gasteiger partial charge on any atom is 0.261 e. The molecule has 0 amide bonds. The molecular formula is C25H34O6Si. The summed E-state index contributed by atoms with van der Waals surface area (Å²) < 4.78 is 24.1. The molecule has 32 heavy (non-hydrogen) atoms. The van der Waals surface area contributed by atoms with Crippen molar-refractivity contribution in [2.24, 2.45) is 0 Å². The standard InChI is InChI=1S/C25H34O6Si/c1-24(2,3)32(17-12-8-6-9-13-17,18-14-10-7-11-15-18)28-16-19(26)21-20(27)22-23(29-21)31-25(4,5)30-22/h6-15,19-23,26-27H,16H2,1-5H3/t19-,20-,21-,22-,23-/m1/s1. The fraction of sp³-hybridized carbons (Fsp3) is 0.520. The first-order chi connectivity index (χ1) is 15.1. The van der Waals surface area contributed by atoms with Gasteiger partial charge in [0, 0.05) is 0 Å². The molecule has 7 heteroatoms. The summed E-state index contributed by atoms with van der Waals surface area (Å²) in [6.45, 7) is 10.1. The molecule has 2 heterocycles. The number of hydrogen-bond acceptors (Lipinski definition) is 6. The molecule has 2 aromatic carbocycles. The number of rotatable bonds is 6. The van der Waals surface area contributed by atoms with E-state index in [-0.39, 0.29) is 11.6 Å². The smallest absolute Gasteiger partial charge is 0.261 e. The molecule has 2 saturated heterocycles. The molecule has 2 N–H and O–H groups in total. The molecule has 0 radical (unpaired) electrons. The maximum absolute atomic E-state index is 11.0. The molecule has 0 aromatic heterocycles. The highest BCUT2D eigenvalue weighted by atomic mass is 28.4. The van der Waals surface area contributed by atoms with E-state index in [1.807, 2.05) is 36.4 Å². The van der Waals surface area contributed by atoms with Crippen molar-refractivity contribution in [2.75, 3.05) is 6.61 Å². The molecule has 2 aromatic rings. The van der Waals surface area contributed by atoms with E-state index in [4.69, 9.17) is 18.6 Å². The van der Waals surface area contributed by atoms with E-state index in [0.717, 1.165) is 10.4 Å². The quantitative estimate of drug-likeness (QED) is 0.646. The Morgan fingerprint density at radius 2 is 1.50 bits per heavy atom. The van der Waals surface area contributed by atoms with Gasteiger partial charge in [0.05, 0.1) is 6.61 Å². The zero-order valence-electron chi connectivity index (χ0n) is 19.4. The largest absolute Gasteiger partial charge is 0.405 e. The molecular weight excluding hydrogens is 424 g/mol. The predicted molar refractivity (Wildman–Crippen MR) is 124 cm³/mol. The first kappa shape index (κ1) is 23.6. The number of fused-ring (bicyclic) bond motifs is 1. The first-order valence-corrected chi connectivity index (χ1v) is 13.1. The van der Waals surface area contributed by atoms with Crippen LogP contribution in [0.15, 0.2) is 60.7 Å². The lowest BCUT2D eigenvalue weighted by molar-refractivity contribution is -0.227. The van der Waals surface area contributed by atoms with Crippen molar-refractivity contribution in [1.82, 2.24) is 0 Å². The molecule has 0 unspecified atom stereocenters. The molecule has 6 nitrogen and oxygen atoms in total. The van der Waals surface area contributed by atoms with Crippen molar-refractivity contribution < 1.29 is 28.8 Å². The van der Waals surface area contributed by atoms with Gasteiger partial charge in [0.25, 0.3) is 8.32 Å². The molecule has 4 rings (SSSR count). The van der Waals surface area contributed by atoms with Crippen molar-refractivity contribution in [3.8, 4) is 0 Å². The van der Waals surface area contributed by atoms with E-state index >= 15 is 0 Å². The van der Waals surface area contributed by atoms with Crippen molar-refractivity contribution in [1.29, 1.82) is 0 Å². The second kappa shape index (κ2) is 8.65.